The normalized spacial score (nSPS) is 19.8. The molecule has 0 aliphatic heterocycles. The summed E-state index contributed by atoms with van der Waals surface area (Å²) in [7, 11) is 0. The summed E-state index contributed by atoms with van der Waals surface area (Å²) < 4.78 is 24.7. The molecule has 2 aromatic heterocycles. The van der Waals surface area contributed by atoms with Crippen LogP contribution in [0.3, 0.4) is 0 Å². The van der Waals surface area contributed by atoms with E-state index in [1.54, 1.807) is 37.5 Å². The van der Waals surface area contributed by atoms with Gasteiger partial charge in [0.2, 0.25) is 5.88 Å². The van der Waals surface area contributed by atoms with E-state index in [0.717, 1.165) is 18.4 Å². The number of aryl methyl sites for hydroxylation is 1. The van der Waals surface area contributed by atoms with Crippen LogP contribution in [0.25, 0.3) is 22.5 Å². The second-order valence-corrected chi connectivity index (χ2v) is 6.70. The first-order chi connectivity index (χ1) is 13.1. The van der Waals surface area contributed by atoms with Crippen molar-refractivity contribution in [3.05, 3.63) is 42.5 Å². The minimum Gasteiger partial charge on any atom is -0.507 e. The molecule has 0 bridgehead atoms. The van der Waals surface area contributed by atoms with Gasteiger partial charge >= 0.3 is 0 Å². The van der Waals surface area contributed by atoms with E-state index in [1.807, 2.05) is 6.07 Å². The van der Waals surface area contributed by atoms with E-state index < -0.39 is 12.3 Å². The number of oxazole rings is 1. The van der Waals surface area contributed by atoms with Crippen molar-refractivity contribution in [2.75, 3.05) is 0 Å². The first kappa shape index (κ1) is 17.5. The number of ether oxygens (including phenoxy) is 1. The van der Waals surface area contributed by atoms with Crippen molar-refractivity contribution in [2.45, 2.75) is 44.9 Å². The maximum absolute atomic E-state index is 13.9. The van der Waals surface area contributed by atoms with Crippen molar-refractivity contribution in [3.63, 3.8) is 0 Å². The van der Waals surface area contributed by atoms with Crippen LogP contribution in [-0.2, 0) is 0 Å². The fourth-order valence-electron chi connectivity index (χ4n) is 3.27. The number of aromatic hydroxyl groups is 1. The molecule has 1 N–H and O–H groups in total. The molecule has 0 unspecified atom stereocenters. The Hall–Kier alpha value is -2.96. The molecular formula is C20H20FN3O3. The predicted molar refractivity (Wildman–Crippen MR) is 97.1 cm³/mol. The van der Waals surface area contributed by atoms with Gasteiger partial charge in [-0.2, -0.15) is 0 Å². The summed E-state index contributed by atoms with van der Waals surface area (Å²) in [6.07, 6.45) is 3.19. The zero-order valence-electron chi connectivity index (χ0n) is 14.9. The monoisotopic (exact) mass is 369 g/mol. The molecule has 1 aliphatic carbocycles. The number of alkyl halides is 1. The fourth-order valence-corrected chi connectivity index (χ4v) is 3.27. The molecule has 3 aromatic rings. The Kier molecular flexibility index (Phi) is 4.75. The summed E-state index contributed by atoms with van der Waals surface area (Å²) in [5.41, 5.74) is 2.44. The van der Waals surface area contributed by atoms with Gasteiger partial charge in [-0.3, -0.25) is 0 Å². The molecule has 2 atom stereocenters. The molecule has 4 rings (SSSR count). The number of halogens is 1. The van der Waals surface area contributed by atoms with Crippen molar-refractivity contribution >= 4 is 0 Å². The van der Waals surface area contributed by atoms with Crippen LogP contribution in [0.2, 0.25) is 0 Å². The standard InChI is InChI=1S/C20H20FN3O3/c1-12-22-17(11-26-12)13-6-7-14(18(25)10-13)16-8-9-20(24-23-16)27-19-5-3-2-4-15(19)21/h6-11,15,19,25H,2-5H2,1H3/t15-,19+/m1/s1. The summed E-state index contributed by atoms with van der Waals surface area (Å²) in [5, 5.41) is 18.5. The molecule has 0 spiro atoms. The van der Waals surface area contributed by atoms with Crippen LogP contribution in [0.5, 0.6) is 11.6 Å². The van der Waals surface area contributed by atoms with Crippen LogP contribution < -0.4 is 4.74 Å². The Morgan fingerprint density at radius 2 is 1.96 bits per heavy atom. The number of nitrogens with zero attached hydrogens (tertiary/aromatic N) is 3. The zero-order chi connectivity index (χ0) is 18.8. The lowest BCUT2D eigenvalue weighted by atomic mass is 9.96. The largest absolute Gasteiger partial charge is 0.507 e. The Labute approximate surface area is 156 Å². The first-order valence-corrected chi connectivity index (χ1v) is 9.00. The van der Waals surface area contributed by atoms with Crippen LogP contribution in [0.15, 0.2) is 41.0 Å². The molecule has 1 saturated carbocycles. The lowest BCUT2D eigenvalue weighted by molar-refractivity contribution is 0.0594. The molecule has 0 amide bonds. The van der Waals surface area contributed by atoms with Gasteiger partial charge in [-0.1, -0.05) is 12.5 Å². The molecule has 1 aromatic carbocycles. The zero-order valence-corrected chi connectivity index (χ0v) is 14.9. The summed E-state index contributed by atoms with van der Waals surface area (Å²) in [6, 6.07) is 8.53. The number of benzene rings is 1. The highest BCUT2D eigenvalue weighted by atomic mass is 19.1. The lowest BCUT2D eigenvalue weighted by Crippen LogP contribution is -2.32. The Morgan fingerprint density at radius 3 is 2.63 bits per heavy atom. The summed E-state index contributed by atoms with van der Waals surface area (Å²) in [4.78, 5) is 4.24. The van der Waals surface area contributed by atoms with Crippen LogP contribution in [0.4, 0.5) is 4.39 Å². The molecular weight excluding hydrogens is 349 g/mol. The number of aromatic nitrogens is 3. The van der Waals surface area contributed by atoms with Crippen molar-refractivity contribution < 1.29 is 18.7 Å². The quantitative estimate of drug-likeness (QED) is 0.731. The highest BCUT2D eigenvalue weighted by Crippen LogP contribution is 2.32. The van der Waals surface area contributed by atoms with E-state index in [9.17, 15) is 9.50 Å². The van der Waals surface area contributed by atoms with E-state index in [4.69, 9.17) is 9.15 Å². The van der Waals surface area contributed by atoms with Gasteiger partial charge in [-0.05, 0) is 37.5 Å². The summed E-state index contributed by atoms with van der Waals surface area (Å²) in [6.45, 7) is 1.76. The number of phenolic OH excluding ortho intramolecular Hbond substituents is 1. The van der Waals surface area contributed by atoms with E-state index in [2.05, 4.69) is 15.2 Å². The molecule has 0 saturated heterocycles. The van der Waals surface area contributed by atoms with Gasteiger partial charge in [0.25, 0.3) is 0 Å². The van der Waals surface area contributed by atoms with Gasteiger partial charge in [0.1, 0.15) is 30.0 Å². The fraction of sp³-hybridized carbons (Fsp3) is 0.350. The average Bonchev–Trinajstić information content (AvgIpc) is 3.11. The van der Waals surface area contributed by atoms with Crippen molar-refractivity contribution in [2.24, 2.45) is 0 Å². The molecule has 27 heavy (non-hydrogen) atoms. The van der Waals surface area contributed by atoms with Crippen LogP contribution in [0.1, 0.15) is 31.6 Å². The minimum absolute atomic E-state index is 0.0622. The molecule has 7 heteroatoms. The number of phenols is 1. The van der Waals surface area contributed by atoms with E-state index in [0.29, 0.717) is 41.6 Å². The third-order valence-electron chi connectivity index (χ3n) is 4.72. The summed E-state index contributed by atoms with van der Waals surface area (Å²) >= 11 is 0. The maximum atomic E-state index is 13.9. The predicted octanol–water partition coefficient (Wildman–Crippen LogP) is 4.47. The highest BCUT2D eigenvalue weighted by Gasteiger charge is 2.26. The SMILES string of the molecule is Cc1nc(-c2ccc(-c3ccc(O[C@H]4CCCC[C@H]4F)nn3)c(O)c2)co1. The van der Waals surface area contributed by atoms with Gasteiger partial charge in [-0.25, -0.2) is 9.37 Å². The van der Waals surface area contributed by atoms with Gasteiger partial charge in [0.05, 0.1) is 5.69 Å². The number of hydrogen-bond acceptors (Lipinski definition) is 6. The number of hydrogen-bond donors (Lipinski definition) is 1. The van der Waals surface area contributed by atoms with Gasteiger partial charge in [0.15, 0.2) is 5.89 Å². The second kappa shape index (κ2) is 7.34. The van der Waals surface area contributed by atoms with Crippen LogP contribution in [0, 0.1) is 6.92 Å². The Balaban J connectivity index is 1.51. The lowest BCUT2D eigenvalue weighted by Gasteiger charge is -2.25. The van der Waals surface area contributed by atoms with Gasteiger partial charge < -0.3 is 14.3 Å². The molecule has 1 fully saturated rings. The second-order valence-electron chi connectivity index (χ2n) is 6.70. The van der Waals surface area contributed by atoms with Crippen molar-refractivity contribution in [1.29, 1.82) is 0 Å². The highest BCUT2D eigenvalue weighted by molar-refractivity contribution is 5.72. The minimum atomic E-state index is -0.961. The van der Waals surface area contributed by atoms with Gasteiger partial charge in [-0.15, -0.1) is 10.2 Å². The van der Waals surface area contributed by atoms with E-state index >= 15 is 0 Å². The van der Waals surface area contributed by atoms with E-state index in [1.165, 1.54) is 0 Å². The topological polar surface area (TPSA) is 81.3 Å². The average molecular weight is 369 g/mol. The molecule has 0 radical (unpaired) electrons. The third kappa shape index (κ3) is 3.77. The number of rotatable bonds is 4. The molecule has 6 nitrogen and oxygen atoms in total. The van der Waals surface area contributed by atoms with Crippen LogP contribution in [-0.4, -0.2) is 32.6 Å². The van der Waals surface area contributed by atoms with Crippen LogP contribution >= 0.6 is 0 Å². The van der Waals surface area contributed by atoms with Crippen molar-refractivity contribution in [3.8, 4) is 34.1 Å². The van der Waals surface area contributed by atoms with Gasteiger partial charge in [0, 0.05) is 24.1 Å². The first-order valence-electron chi connectivity index (χ1n) is 9.00. The molecule has 1 aliphatic rings. The molecule has 2 heterocycles. The Bertz CT molecular complexity index is 926. The van der Waals surface area contributed by atoms with E-state index in [-0.39, 0.29) is 5.75 Å². The maximum Gasteiger partial charge on any atom is 0.233 e. The Morgan fingerprint density at radius 1 is 1.11 bits per heavy atom. The summed E-state index contributed by atoms with van der Waals surface area (Å²) in [5.74, 6) is 0.915. The smallest absolute Gasteiger partial charge is 0.233 e. The third-order valence-corrected chi connectivity index (χ3v) is 4.72. The van der Waals surface area contributed by atoms with Crippen molar-refractivity contribution in [1.82, 2.24) is 15.2 Å². The molecule has 140 valence electrons.